The number of aromatic nitrogens is 2. The third-order valence-electron chi connectivity index (χ3n) is 6.09. The van der Waals surface area contributed by atoms with Gasteiger partial charge in [0.05, 0.1) is 22.6 Å². The molecule has 0 spiro atoms. The lowest BCUT2D eigenvalue weighted by Gasteiger charge is -2.26. The van der Waals surface area contributed by atoms with Crippen LogP contribution < -0.4 is 5.32 Å². The van der Waals surface area contributed by atoms with E-state index in [-0.39, 0.29) is 23.5 Å². The summed E-state index contributed by atoms with van der Waals surface area (Å²) in [5, 5.41) is 2.72. The minimum Gasteiger partial charge on any atom is -0.337 e. The summed E-state index contributed by atoms with van der Waals surface area (Å²) in [6, 6.07) is 9.72. The second-order valence-corrected chi connectivity index (χ2v) is 8.42. The van der Waals surface area contributed by atoms with E-state index in [4.69, 9.17) is 0 Å². The van der Waals surface area contributed by atoms with E-state index in [2.05, 4.69) is 16.9 Å². The number of benzene rings is 2. The van der Waals surface area contributed by atoms with Crippen molar-refractivity contribution in [3.8, 4) is 0 Å². The van der Waals surface area contributed by atoms with E-state index in [1.165, 1.54) is 18.2 Å². The molecule has 6 nitrogen and oxygen atoms in total. The second-order valence-electron chi connectivity index (χ2n) is 8.42. The molecule has 0 radical (unpaired) electrons. The lowest BCUT2D eigenvalue weighted by atomic mass is 10.1. The lowest BCUT2D eigenvalue weighted by Crippen LogP contribution is -2.34. The minimum absolute atomic E-state index is 0.116. The molecule has 1 atom stereocenters. The predicted molar refractivity (Wildman–Crippen MR) is 124 cm³/mol. The number of carbonyl (C=O) groups excluding carboxylic acids is 2. The van der Waals surface area contributed by atoms with Crippen LogP contribution in [0.25, 0.3) is 11.0 Å². The zero-order valence-corrected chi connectivity index (χ0v) is 18.7. The summed E-state index contributed by atoms with van der Waals surface area (Å²) in [5.41, 5.74) is 1.40. The molecule has 2 heterocycles. The summed E-state index contributed by atoms with van der Waals surface area (Å²) in [7, 11) is 0. The SMILES string of the molecule is C=CC(=O)N1CCCCC(n2c(NC(=O)c3cccc(C(F)(F)F)c3)nc3cccc(C)c32)C1. The average molecular weight is 470 g/mol. The van der Waals surface area contributed by atoms with Gasteiger partial charge in [-0.05, 0) is 62.1 Å². The van der Waals surface area contributed by atoms with Crippen LogP contribution in [-0.4, -0.2) is 39.4 Å². The fourth-order valence-electron chi connectivity index (χ4n) is 4.43. The van der Waals surface area contributed by atoms with Gasteiger partial charge in [-0.2, -0.15) is 13.2 Å². The molecular weight excluding hydrogens is 445 g/mol. The minimum atomic E-state index is -4.55. The van der Waals surface area contributed by atoms with Crippen LogP contribution in [-0.2, 0) is 11.0 Å². The quantitative estimate of drug-likeness (QED) is 0.523. The van der Waals surface area contributed by atoms with Gasteiger partial charge in [0, 0.05) is 18.7 Å². The Balaban J connectivity index is 1.75. The number of carbonyl (C=O) groups is 2. The number of hydrogen-bond acceptors (Lipinski definition) is 3. The van der Waals surface area contributed by atoms with Crippen molar-refractivity contribution >= 4 is 28.8 Å². The van der Waals surface area contributed by atoms with Gasteiger partial charge in [0.15, 0.2) is 0 Å². The van der Waals surface area contributed by atoms with E-state index in [0.717, 1.165) is 42.5 Å². The Hall–Kier alpha value is -3.62. The van der Waals surface area contributed by atoms with Crippen molar-refractivity contribution in [2.75, 3.05) is 18.4 Å². The molecule has 0 bridgehead atoms. The fourth-order valence-corrected chi connectivity index (χ4v) is 4.43. The number of alkyl halides is 3. The van der Waals surface area contributed by atoms with Crippen molar-refractivity contribution < 1.29 is 22.8 Å². The molecule has 1 aromatic heterocycles. The Bertz CT molecular complexity index is 1250. The first-order chi connectivity index (χ1) is 16.2. The number of anilines is 1. The molecule has 2 amide bonds. The second kappa shape index (κ2) is 9.32. The van der Waals surface area contributed by atoms with Gasteiger partial charge in [0.1, 0.15) is 0 Å². The first kappa shape index (κ1) is 23.5. The van der Waals surface area contributed by atoms with Gasteiger partial charge in [-0.3, -0.25) is 14.9 Å². The van der Waals surface area contributed by atoms with Crippen LogP contribution in [0.5, 0.6) is 0 Å². The number of para-hydroxylation sites is 1. The van der Waals surface area contributed by atoms with Crippen molar-refractivity contribution in [1.82, 2.24) is 14.5 Å². The molecule has 2 aromatic carbocycles. The van der Waals surface area contributed by atoms with Crippen LogP contribution in [0, 0.1) is 6.92 Å². The number of likely N-dealkylation sites (tertiary alicyclic amines) is 1. The van der Waals surface area contributed by atoms with Gasteiger partial charge in [-0.25, -0.2) is 4.98 Å². The van der Waals surface area contributed by atoms with E-state index in [0.29, 0.717) is 18.6 Å². The number of nitrogens with one attached hydrogen (secondary N) is 1. The van der Waals surface area contributed by atoms with E-state index < -0.39 is 17.6 Å². The summed E-state index contributed by atoms with van der Waals surface area (Å²) >= 11 is 0. The van der Waals surface area contributed by atoms with Crippen molar-refractivity contribution in [3.63, 3.8) is 0 Å². The molecule has 1 fully saturated rings. The standard InChI is InChI=1S/C25H25F3N4O2/c1-3-21(33)31-13-5-4-11-19(15-31)32-22-16(2)8-6-12-20(22)29-24(32)30-23(34)17-9-7-10-18(14-17)25(26,27)28/h3,6-10,12,14,19H,1,4-5,11,13,15H2,2H3,(H,29,30,34). The van der Waals surface area contributed by atoms with E-state index >= 15 is 0 Å². The summed E-state index contributed by atoms with van der Waals surface area (Å²) in [6.07, 6.45) is -0.795. The van der Waals surface area contributed by atoms with Gasteiger partial charge < -0.3 is 9.47 Å². The van der Waals surface area contributed by atoms with Gasteiger partial charge in [0.25, 0.3) is 5.91 Å². The average Bonchev–Trinajstić information content (AvgIpc) is 3.00. The Morgan fingerprint density at radius 2 is 1.94 bits per heavy atom. The summed E-state index contributed by atoms with van der Waals surface area (Å²) in [5.74, 6) is -0.611. The number of fused-ring (bicyclic) bond motifs is 1. The van der Waals surface area contributed by atoms with Crippen molar-refractivity contribution in [3.05, 3.63) is 71.8 Å². The Morgan fingerprint density at radius 1 is 1.18 bits per heavy atom. The maximum Gasteiger partial charge on any atom is 0.416 e. The van der Waals surface area contributed by atoms with Gasteiger partial charge in [-0.1, -0.05) is 24.8 Å². The number of aryl methyl sites for hydroxylation is 1. The molecular formula is C25H25F3N4O2. The summed E-state index contributed by atoms with van der Waals surface area (Å²) in [4.78, 5) is 31.6. The topological polar surface area (TPSA) is 67.2 Å². The molecule has 1 aliphatic heterocycles. The third kappa shape index (κ3) is 4.69. The molecule has 34 heavy (non-hydrogen) atoms. The molecule has 1 N–H and O–H groups in total. The molecule has 0 saturated carbocycles. The number of halogens is 3. The number of rotatable bonds is 4. The van der Waals surface area contributed by atoms with Crippen molar-refractivity contribution in [1.29, 1.82) is 0 Å². The van der Waals surface area contributed by atoms with Gasteiger partial charge >= 0.3 is 6.18 Å². The zero-order valence-electron chi connectivity index (χ0n) is 18.7. The molecule has 3 aromatic rings. The monoisotopic (exact) mass is 470 g/mol. The number of amides is 2. The predicted octanol–water partition coefficient (Wildman–Crippen LogP) is 5.36. The molecule has 9 heteroatoms. The summed E-state index contributed by atoms with van der Waals surface area (Å²) < 4.78 is 41.3. The first-order valence-corrected chi connectivity index (χ1v) is 11.1. The van der Waals surface area contributed by atoms with Gasteiger partial charge in [0.2, 0.25) is 11.9 Å². The molecule has 4 rings (SSSR count). The number of nitrogens with zero attached hydrogens (tertiary/aromatic N) is 3. The highest BCUT2D eigenvalue weighted by molar-refractivity contribution is 6.04. The van der Waals surface area contributed by atoms with Crippen LogP contribution in [0.4, 0.5) is 19.1 Å². The number of imidazole rings is 1. The first-order valence-electron chi connectivity index (χ1n) is 11.1. The Morgan fingerprint density at radius 3 is 2.68 bits per heavy atom. The van der Waals surface area contributed by atoms with Crippen LogP contribution in [0.15, 0.2) is 55.1 Å². The lowest BCUT2D eigenvalue weighted by molar-refractivity contribution is -0.137. The Kier molecular flexibility index (Phi) is 6.45. The van der Waals surface area contributed by atoms with Crippen LogP contribution >= 0.6 is 0 Å². The van der Waals surface area contributed by atoms with Crippen LogP contribution in [0.2, 0.25) is 0 Å². The maximum atomic E-state index is 13.1. The van der Waals surface area contributed by atoms with E-state index in [1.54, 1.807) is 4.90 Å². The third-order valence-corrected chi connectivity index (χ3v) is 6.09. The van der Waals surface area contributed by atoms with Crippen molar-refractivity contribution in [2.45, 2.75) is 38.4 Å². The van der Waals surface area contributed by atoms with Crippen LogP contribution in [0.3, 0.4) is 0 Å². The fraction of sp³-hybridized carbons (Fsp3) is 0.320. The van der Waals surface area contributed by atoms with Crippen molar-refractivity contribution in [2.24, 2.45) is 0 Å². The molecule has 1 unspecified atom stereocenters. The Labute approximate surface area is 195 Å². The summed E-state index contributed by atoms with van der Waals surface area (Å²) in [6.45, 7) is 6.54. The highest BCUT2D eigenvalue weighted by Gasteiger charge is 2.31. The highest BCUT2D eigenvalue weighted by Crippen LogP contribution is 2.33. The zero-order chi connectivity index (χ0) is 24.5. The molecule has 1 saturated heterocycles. The maximum absolute atomic E-state index is 13.1. The molecule has 178 valence electrons. The smallest absolute Gasteiger partial charge is 0.337 e. The van der Waals surface area contributed by atoms with Crippen LogP contribution in [0.1, 0.15) is 46.8 Å². The normalized spacial score (nSPS) is 16.8. The molecule has 0 aliphatic carbocycles. The van der Waals surface area contributed by atoms with Gasteiger partial charge in [-0.15, -0.1) is 0 Å². The largest absolute Gasteiger partial charge is 0.416 e. The van der Waals surface area contributed by atoms with E-state index in [9.17, 15) is 22.8 Å². The number of hydrogen-bond donors (Lipinski definition) is 1. The highest BCUT2D eigenvalue weighted by atomic mass is 19.4. The van der Waals surface area contributed by atoms with E-state index in [1.807, 2.05) is 29.7 Å². The molecule has 1 aliphatic rings.